The number of rotatable bonds is 7. The third kappa shape index (κ3) is 6.49. The number of aryl methyl sites for hydroxylation is 2. The molecule has 0 aromatic heterocycles. The zero-order chi connectivity index (χ0) is 20.0. The van der Waals surface area contributed by atoms with Crippen molar-refractivity contribution < 1.29 is 14.0 Å². The SMILES string of the molecule is Cc1ccc(C)c(NC(=O)CN(C)C(=O)CN(C)Cc2ccc(F)cc2)c1. The first-order valence-corrected chi connectivity index (χ1v) is 8.78. The molecule has 2 aromatic rings. The van der Waals surface area contributed by atoms with Crippen LogP contribution in [-0.4, -0.2) is 48.8 Å². The van der Waals surface area contributed by atoms with Gasteiger partial charge in [0.15, 0.2) is 0 Å². The van der Waals surface area contributed by atoms with E-state index in [2.05, 4.69) is 5.32 Å². The number of likely N-dealkylation sites (N-methyl/N-ethyl adjacent to an activating group) is 2. The van der Waals surface area contributed by atoms with E-state index in [1.165, 1.54) is 17.0 Å². The van der Waals surface area contributed by atoms with Crippen molar-refractivity contribution in [3.05, 3.63) is 65.0 Å². The lowest BCUT2D eigenvalue weighted by atomic mass is 10.1. The van der Waals surface area contributed by atoms with Crippen LogP contribution in [0, 0.1) is 19.7 Å². The monoisotopic (exact) mass is 371 g/mol. The minimum atomic E-state index is -0.285. The van der Waals surface area contributed by atoms with Gasteiger partial charge >= 0.3 is 0 Å². The molecule has 0 aliphatic carbocycles. The van der Waals surface area contributed by atoms with Gasteiger partial charge in [-0.15, -0.1) is 0 Å². The fourth-order valence-corrected chi connectivity index (χ4v) is 2.67. The van der Waals surface area contributed by atoms with Gasteiger partial charge in [-0.3, -0.25) is 14.5 Å². The van der Waals surface area contributed by atoms with Gasteiger partial charge < -0.3 is 10.2 Å². The molecule has 0 aliphatic rings. The Hall–Kier alpha value is -2.73. The molecule has 0 atom stereocenters. The molecule has 6 heteroatoms. The highest BCUT2D eigenvalue weighted by molar-refractivity contribution is 5.95. The molecule has 27 heavy (non-hydrogen) atoms. The van der Waals surface area contributed by atoms with Crippen molar-refractivity contribution in [3.8, 4) is 0 Å². The summed E-state index contributed by atoms with van der Waals surface area (Å²) in [5.41, 5.74) is 3.71. The molecule has 0 heterocycles. The minimum absolute atomic E-state index is 0.0173. The van der Waals surface area contributed by atoms with Crippen LogP contribution in [0.25, 0.3) is 0 Å². The van der Waals surface area contributed by atoms with Crippen LogP contribution in [0.3, 0.4) is 0 Å². The Balaban J connectivity index is 1.84. The quantitative estimate of drug-likeness (QED) is 0.814. The Morgan fingerprint density at radius 1 is 1.00 bits per heavy atom. The van der Waals surface area contributed by atoms with Gasteiger partial charge in [0, 0.05) is 19.3 Å². The molecule has 0 saturated carbocycles. The van der Waals surface area contributed by atoms with Crippen molar-refractivity contribution in [2.75, 3.05) is 32.5 Å². The van der Waals surface area contributed by atoms with E-state index >= 15 is 0 Å². The molecule has 2 aromatic carbocycles. The number of nitrogens with one attached hydrogen (secondary N) is 1. The number of carbonyl (C=O) groups is 2. The summed E-state index contributed by atoms with van der Waals surface area (Å²) in [6.45, 7) is 4.56. The van der Waals surface area contributed by atoms with E-state index in [0.717, 1.165) is 22.4 Å². The van der Waals surface area contributed by atoms with Gasteiger partial charge in [-0.05, 0) is 55.8 Å². The van der Waals surface area contributed by atoms with Crippen molar-refractivity contribution in [2.45, 2.75) is 20.4 Å². The number of halogens is 1. The first-order chi connectivity index (χ1) is 12.7. The van der Waals surface area contributed by atoms with E-state index in [9.17, 15) is 14.0 Å². The summed E-state index contributed by atoms with van der Waals surface area (Å²) >= 11 is 0. The maximum absolute atomic E-state index is 13.0. The van der Waals surface area contributed by atoms with E-state index in [0.29, 0.717) is 6.54 Å². The summed E-state index contributed by atoms with van der Waals surface area (Å²) in [7, 11) is 3.42. The van der Waals surface area contributed by atoms with E-state index in [1.54, 1.807) is 19.2 Å². The largest absolute Gasteiger partial charge is 0.335 e. The maximum Gasteiger partial charge on any atom is 0.243 e. The first kappa shape index (κ1) is 20.6. The summed E-state index contributed by atoms with van der Waals surface area (Å²) < 4.78 is 13.0. The van der Waals surface area contributed by atoms with Crippen LogP contribution in [0.15, 0.2) is 42.5 Å². The van der Waals surface area contributed by atoms with Crippen LogP contribution in [0.5, 0.6) is 0 Å². The van der Waals surface area contributed by atoms with Gasteiger partial charge in [0.25, 0.3) is 0 Å². The number of nitrogens with zero attached hydrogens (tertiary/aromatic N) is 2. The van der Waals surface area contributed by atoms with E-state index in [1.807, 2.05) is 44.0 Å². The highest BCUT2D eigenvalue weighted by atomic mass is 19.1. The highest BCUT2D eigenvalue weighted by Crippen LogP contribution is 2.16. The molecule has 0 aliphatic heterocycles. The fraction of sp³-hybridized carbons (Fsp3) is 0.333. The van der Waals surface area contributed by atoms with Crippen molar-refractivity contribution in [2.24, 2.45) is 0 Å². The summed E-state index contributed by atoms with van der Waals surface area (Å²) in [4.78, 5) is 27.8. The molecule has 0 fully saturated rings. The van der Waals surface area contributed by atoms with Gasteiger partial charge in [0.1, 0.15) is 5.82 Å². The van der Waals surface area contributed by atoms with E-state index < -0.39 is 0 Å². The Kier molecular flexibility index (Phi) is 7.07. The fourth-order valence-electron chi connectivity index (χ4n) is 2.67. The van der Waals surface area contributed by atoms with Crippen molar-refractivity contribution in [1.82, 2.24) is 9.80 Å². The predicted molar refractivity (Wildman–Crippen MR) is 105 cm³/mol. The van der Waals surface area contributed by atoms with Crippen LogP contribution < -0.4 is 5.32 Å². The van der Waals surface area contributed by atoms with Crippen molar-refractivity contribution >= 4 is 17.5 Å². The predicted octanol–water partition coefficient (Wildman–Crippen LogP) is 2.97. The van der Waals surface area contributed by atoms with Crippen LogP contribution in [0.4, 0.5) is 10.1 Å². The third-order valence-corrected chi connectivity index (χ3v) is 4.24. The molecular weight excluding hydrogens is 345 g/mol. The second-order valence-corrected chi connectivity index (χ2v) is 6.92. The molecule has 2 rings (SSSR count). The maximum atomic E-state index is 13.0. The highest BCUT2D eigenvalue weighted by Gasteiger charge is 2.15. The Bertz CT molecular complexity index is 806. The molecule has 0 unspecified atom stereocenters. The van der Waals surface area contributed by atoms with Crippen molar-refractivity contribution in [1.29, 1.82) is 0 Å². The topological polar surface area (TPSA) is 52.7 Å². The average molecular weight is 371 g/mol. The minimum Gasteiger partial charge on any atom is -0.335 e. The van der Waals surface area contributed by atoms with Crippen LogP contribution >= 0.6 is 0 Å². The standard InChI is InChI=1S/C21H26FN3O2/c1-15-5-6-16(2)19(11-15)23-20(26)13-25(4)21(27)14-24(3)12-17-7-9-18(22)10-8-17/h5-11H,12-14H2,1-4H3,(H,23,26). The van der Waals surface area contributed by atoms with Gasteiger partial charge in [-0.25, -0.2) is 4.39 Å². The number of hydrogen-bond acceptors (Lipinski definition) is 3. The molecule has 0 radical (unpaired) electrons. The Morgan fingerprint density at radius 2 is 1.67 bits per heavy atom. The molecule has 5 nitrogen and oxygen atoms in total. The first-order valence-electron chi connectivity index (χ1n) is 8.78. The third-order valence-electron chi connectivity index (χ3n) is 4.24. The molecule has 144 valence electrons. The van der Waals surface area contributed by atoms with E-state index in [4.69, 9.17) is 0 Å². The number of anilines is 1. The lowest BCUT2D eigenvalue weighted by molar-refractivity contribution is -0.134. The number of amides is 2. The molecule has 0 spiro atoms. The lowest BCUT2D eigenvalue weighted by Gasteiger charge is -2.22. The van der Waals surface area contributed by atoms with E-state index in [-0.39, 0.29) is 30.7 Å². The summed E-state index contributed by atoms with van der Waals surface area (Å²) in [6, 6.07) is 12.0. The van der Waals surface area contributed by atoms with Gasteiger partial charge in [-0.2, -0.15) is 0 Å². The zero-order valence-corrected chi connectivity index (χ0v) is 16.3. The summed E-state index contributed by atoms with van der Waals surface area (Å²) in [5.74, 6) is -0.677. The van der Waals surface area contributed by atoms with Crippen LogP contribution in [0.2, 0.25) is 0 Å². The van der Waals surface area contributed by atoms with Crippen molar-refractivity contribution in [3.63, 3.8) is 0 Å². The second-order valence-electron chi connectivity index (χ2n) is 6.92. The molecule has 2 amide bonds. The Morgan fingerprint density at radius 3 is 2.33 bits per heavy atom. The lowest BCUT2D eigenvalue weighted by Crippen LogP contribution is -2.40. The molecule has 0 saturated heterocycles. The molecular formula is C21H26FN3O2. The molecule has 0 bridgehead atoms. The second kappa shape index (κ2) is 9.28. The summed E-state index contributed by atoms with van der Waals surface area (Å²) in [6.07, 6.45) is 0. The normalized spacial score (nSPS) is 10.7. The number of hydrogen-bond donors (Lipinski definition) is 1. The van der Waals surface area contributed by atoms with Crippen LogP contribution in [0.1, 0.15) is 16.7 Å². The van der Waals surface area contributed by atoms with Gasteiger partial charge in [0.05, 0.1) is 13.1 Å². The molecule has 1 N–H and O–H groups in total. The number of benzene rings is 2. The summed E-state index contributed by atoms with van der Waals surface area (Å²) in [5, 5.41) is 2.85. The average Bonchev–Trinajstić information content (AvgIpc) is 2.60. The Labute approximate surface area is 159 Å². The van der Waals surface area contributed by atoms with Gasteiger partial charge in [-0.1, -0.05) is 24.3 Å². The van der Waals surface area contributed by atoms with Crippen LogP contribution in [-0.2, 0) is 16.1 Å². The van der Waals surface area contributed by atoms with Gasteiger partial charge in [0.2, 0.25) is 11.8 Å². The smallest absolute Gasteiger partial charge is 0.243 e. The zero-order valence-electron chi connectivity index (χ0n) is 16.3. The number of carbonyl (C=O) groups excluding carboxylic acids is 2.